The minimum atomic E-state index is -1.05. The van der Waals surface area contributed by atoms with Gasteiger partial charge in [0.2, 0.25) is 5.78 Å². The number of benzene rings is 2. The summed E-state index contributed by atoms with van der Waals surface area (Å²) in [5, 5.41) is 11.8. The molecule has 0 fully saturated rings. The van der Waals surface area contributed by atoms with Gasteiger partial charge in [0.25, 0.3) is 5.91 Å². The number of halogens is 1. The standard InChI is InChI=1S/C24H17FN2O4S/c1-12-13(2)32-24(26-12)27-20(15-7-5-8-16(25)10-15)19(22(29)23(27)30)21(28)18-11-14-6-3-4-9-17(14)31-18/h3-11,20,29H,1-2H3. The first-order valence-corrected chi connectivity index (χ1v) is 10.7. The number of hydrogen-bond acceptors (Lipinski definition) is 6. The van der Waals surface area contributed by atoms with Crippen molar-refractivity contribution in [3.8, 4) is 0 Å². The zero-order valence-electron chi connectivity index (χ0n) is 17.1. The van der Waals surface area contributed by atoms with Crippen LogP contribution in [0.2, 0.25) is 0 Å². The number of aromatic nitrogens is 1. The molecule has 0 saturated heterocycles. The summed E-state index contributed by atoms with van der Waals surface area (Å²) < 4.78 is 19.8. The Bertz CT molecular complexity index is 1380. The number of amides is 1. The van der Waals surface area contributed by atoms with E-state index in [4.69, 9.17) is 4.42 Å². The van der Waals surface area contributed by atoms with Gasteiger partial charge < -0.3 is 9.52 Å². The molecule has 2 aromatic heterocycles. The number of hydrogen-bond donors (Lipinski definition) is 1. The fourth-order valence-electron chi connectivity index (χ4n) is 3.81. The molecule has 5 rings (SSSR count). The number of carbonyl (C=O) groups excluding carboxylic acids is 2. The molecule has 6 nitrogen and oxygen atoms in total. The molecule has 1 aliphatic rings. The Morgan fingerprint density at radius 3 is 2.62 bits per heavy atom. The smallest absolute Gasteiger partial charge is 0.296 e. The van der Waals surface area contributed by atoms with Crippen LogP contribution in [0.5, 0.6) is 0 Å². The molecule has 0 aliphatic carbocycles. The van der Waals surface area contributed by atoms with Crippen molar-refractivity contribution in [2.75, 3.05) is 4.90 Å². The van der Waals surface area contributed by atoms with Gasteiger partial charge in [-0.3, -0.25) is 14.5 Å². The molecule has 0 saturated carbocycles. The molecule has 1 unspecified atom stereocenters. The summed E-state index contributed by atoms with van der Waals surface area (Å²) in [7, 11) is 0. The van der Waals surface area contributed by atoms with Gasteiger partial charge in [-0.05, 0) is 43.7 Å². The van der Waals surface area contributed by atoms with Crippen molar-refractivity contribution in [2.45, 2.75) is 19.9 Å². The van der Waals surface area contributed by atoms with Crippen LogP contribution in [0.4, 0.5) is 9.52 Å². The summed E-state index contributed by atoms with van der Waals surface area (Å²) in [6.07, 6.45) is 0. The third kappa shape index (κ3) is 3.11. The van der Waals surface area contributed by atoms with Crippen LogP contribution in [0.25, 0.3) is 11.0 Å². The van der Waals surface area contributed by atoms with Gasteiger partial charge in [-0.15, -0.1) is 11.3 Å². The van der Waals surface area contributed by atoms with E-state index in [1.54, 1.807) is 37.3 Å². The van der Waals surface area contributed by atoms with Gasteiger partial charge in [-0.1, -0.05) is 30.3 Å². The number of rotatable bonds is 4. The van der Waals surface area contributed by atoms with Crippen LogP contribution >= 0.6 is 11.3 Å². The molecule has 1 amide bonds. The van der Waals surface area contributed by atoms with Crippen molar-refractivity contribution >= 4 is 39.1 Å². The van der Waals surface area contributed by atoms with Gasteiger partial charge in [-0.2, -0.15) is 0 Å². The van der Waals surface area contributed by atoms with E-state index in [0.717, 1.165) is 10.6 Å². The van der Waals surface area contributed by atoms with Gasteiger partial charge in [-0.25, -0.2) is 9.37 Å². The lowest BCUT2D eigenvalue weighted by Crippen LogP contribution is -2.31. The predicted molar refractivity (Wildman–Crippen MR) is 118 cm³/mol. The Morgan fingerprint density at radius 2 is 1.94 bits per heavy atom. The molecule has 4 aromatic rings. The van der Waals surface area contributed by atoms with E-state index in [-0.39, 0.29) is 11.3 Å². The second kappa shape index (κ2) is 7.42. The van der Waals surface area contributed by atoms with Crippen molar-refractivity contribution in [3.63, 3.8) is 0 Å². The van der Waals surface area contributed by atoms with Gasteiger partial charge in [0.15, 0.2) is 16.7 Å². The van der Waals surface area contributed by atoms with Crippen LogP contribution in [0.3, 0.4) is 0 Å². The molecule has 32 heavy (non-hydrogen) atoms. The molecule has 0 radical (unpaired) electrons. The van der Waals surface area contributed by atoms with Crippen molar-refractivity contribution in [1.82, 2.24) is 4.98 Å². The Labute approximate surface area is 186 Å². The Hall–Kier alpha value is -3.78. The fourth-order valence-corrected chi connectivity index (χ4v) is 4.75. The maximum atomic E-state index is 14.1. The lowest BCUT2D eigenvalue weighted by atomic mass is 9.95. The van der Waals surface area contributed by atoms with E-state index in [9.17, 15) is 19.1 Å². The van der Waals surface area contributed by atoms with Crippen LogP contribution in [-0.2, 0) is 4.79 Å². The molecule has 2 aromatic carbocycles. The van der Waals surface area contributed by atoms with E-state index >= 15 is 0 Å². The number of aliphatic hydroxyl groups excluding tert-OH is 1. The minimum Gasteiger partial charge on any atom is -0.503 e. The number of nitrogens with zero attached hydrogens (tertiary/aromatic N) is 2. The van der Waals surface area contributed by atoms with Crippen LogP contribution in [0.1, 0.15) is 32.7 Å². The highest BCUT2D eigenvalue weighted by Gasteiger charge is 2.46. The molecule has 160 valence electrons. The number of furan rings is 1. The van der Waals surface area contributed by atoms with Crippen molar-refractivity contribution in [1.29, 1.82) is 0 Å². The Kier molecular flexibility index (Phi) is 4.67. The third-order valence-electron chi connectivity index (χ3n) is 5.49. The topological polar surface area (TPSA) is 83.6 Å². The number of carbonyl (C=O) groups is 2. The summed E-state index contributed by atoms with van der Waals surface area (Å²) in [5.41, 5.74) is 1.40. The number of anilines is 1. The first kappa shape index (κ1) is 20.1. The second-order valence-electron chi connectivity index (χ2n) is 7.51. The van der Waals surface area contributed by atoms with Gasteiger partial charge in [0, 0.05) is 10.3 Å². The Morgan fingerprint density at radius 1 is 1.16 bits per heavy atom. The molecule has 3 heterocycles. The molecule has 1 atom stereocenters. The van der Waals surface area contributed by atoms with E-state index in [2.05, 4.69) is 4.98 Å². The van der Waals surface area contributed by atoms with Crippen LogP contribution < -0.4 is 4.90 Å². The van der Waals surface area contributed by atoms with Crippen LogP contribution in [-0.4, -0.2) is 21.8 Å². The van der Waals surface area contributed by atoms with Crippen molar-refractivity contribution in [3.05, 3.63) is 93.6 Å². The maximum absolute atomic E-state index is 14.1. The van der Waals surface area contributed by atoms with Gasteiger partial charge >= 0.3 is 0 Å². The second-order valence-corrected chi connectivity index (χ2v) is 8.69. The average Bonchev–Trinajstić information content (AvgIpc) is 3.42. The first-order valence-electron chi connectivity index (χ1n) is 9.84. The summed E-state index contributed by atoms with van der Waals surface area (Å²) in [6.45, 7) is 3.67. The van der Waals surface area contributed by atoms with Gasteiger partial charge in [0.05, 0.1) is 17.3 Å². The highest BCUT2D eigenvalue weighted by Crippen LogP contribution is 2.44. The number of thiazole rings is 1. The zero-order chi connectivity index (χ0) is 22.6. The summed E-state index contributed by atoms with van der Waals surface area (Å²) in [4.78, 5) is 33.2. The zero-order valence-corrected chi connectivity index (χ0v) is 17.9. The molecular formula is C24H17FN2O4S. The summed E-state index contributed by atoms with van der Waals surface area (Å²) in [5.74, 6) is -2.66. The molecule has 0 bridgehead atoms. The Balaban J connectivity index is 1.68. The quantitative estimate of drug-likeness (QED) is 0.421. The van der Waals surface area contributed by atoms with E-state index in [0.29, 0.717) is 21.7 Å². The largest absolute Gasteiger partial charge is 0.503 e. The summed E-state index contributed by atoms with van der Waals surface area (Å²) >= 11 is 1.26. The number of Topliss-reactive ketones (excluding diaryl/α,β-unsaturated/α-hetero) is 1. The van der Waals surface area contributed by atoms with Crippen molar-refractivity contribution in [2.24, 2.45) is 0 Å². The van der Waals surface area contributed by atoms with Gasteiger partial charge in [0.1, 0.15) is 11.4 Å². The molecule has 8 heteroatoms. The number of fused-ring (bicyclic) bond motifs is 1. The lowest BCUT2D eigenvalue weighted by Gasteiger charge is -2.24. The van der Waals surface area contributed by atoms with Crippen LogP contribution in [0.15, 0.2) is 70.3 Å². The molecule has 1 aliphatic heterocycles. The number of ketones is 1. The third-order valence-corrected chi connectivity index (χ3v) is 6.56. The fraction of sp³-hybridized carbons (Fsp3) is 0.125. The van der Waals surface area contributed by atoms with E-state index in [1.807, 2.05) is 13.0 Å². The number of aliphatic hydroxyl groups is 1. The molecule has 1 N–H and O–H groups in total. The highest BCUT2D eigenvalue weighted by molar-refractivity contribution is 7.15. The van der Waals surface area contributed by atoms with E-state index < -0.39 is 29.3 Å². The summed E-state index contributed by atoms with van der Waals surface area (Å²) in [6, 6.07) is 13.2. The average molecular weight is 448 g/mol. The SMILES string of the molecule is Cc1nc(N2C(=O)C(O)=C(C(=O)c3cc4ccccc4o3)C2c2cccc(F)c2)sc1C. The van der Waals surface area contributed by atoms with E-state index in [1.165, 1.54) is 34.4 Å². The number of para-hydroxylation sites is 1. The normalized spacial score (nSPS) is 16.4. The van der Waals surface area contributed by atoms with Crippen LogP contribution in [0, 0.1) is 19.7 Å². The molecular weight excluding hydrogens is 431 g/mol. The first-order chi connectivity index (χ1) is 15.3. The van der Waals surface area contributed by atoms with Crippen molar-refractivity contribution < 1.29 is 23.5 Å². The highest BCUT2D eigenvalue weighted by atomic mass is 32.1. The monoisotopic (exact) mass is 448 g/mol. The maximum Gasteiger partial charge on any atom is 0.296 e. The lowest BCUT2D eigenvalue weighted by molar-refractivity contribution is -0.117. The molecule has 0 spiro atoms. The number of aryl methyl sites for hydroxylation is 2. The predicted octanol–water partition coefficient (Wildman–Crippen LogP) is 5.43. The minimum absolute atomic E-state index is 0.0182.